The number of ether oxygens (including phenoxy) is 2. The Balaban J connectivity index is 1.51. The molecule has 0 aromatic heterocycles. The van der Waals surface area contributed by atoms with E-state index in [-0.39, 0.29) is 12.5 Å². The Labute approximate surface area is 171 Å². The molecular formula is C23H28N2O4. The van der Waals surface area contributed by atoms with Crippen LogP contribution < -0.4 is 15.2 Å². The molecule has 0 spiro atoms. The quantitative estimate of drug-likeness (QED) is 0.744. The van der Waals surface area contributed by atoms with Crippen molar-refractivity contribution in [1.82, 2.24) is 4.90 Å². The monoisotopic (exact) mass is 396 g/mol. The zero-order valence-corrected chi connectivity index (χ0v) is 16.8. The number of para-hydroxylation sites is 1. The minimum Gasteiger partial charge on any atom is -0.497 e. The molecule has 0 unspecified atom stereocenters. The van der Waals surface area contributed by atoms with Gasteiger partial charge >= 0.3 is 0 Å². The molecule has 3 rings (SSSR count). The molecule has 0 radical (unpaired) electrons. The number of primary amides is 1. The molecule has 6 heteroatoms. The highest BCUT2D eigenvalue weighted by Gasteiger charge is 2.25. The van der Waals surface area contributed by atoms with Crippen LogP contribution in [0.2, 0.25) is 0 Å². The van der Waals surface area contributed by atoms with Gasteiger partial charge in [0.05, 0.1) is 12.7 Å². The van der Waals surface area contributed by atoms with E-state index < -0.39 is 5.91 Å². The second-order valence-corrected chi connectivity index (χ2v) is 7.37. The number of methoxy groups -OCH3 is 1. The molecule has 0 aliphatic carbocycles. The highest BCUT2D eigenvalue weighted by atomic mass is 16.5. The van der Waals surface area contributed by atoms with Crippen LogP contribution in [0.5, 0.6) is 11.5 Å². The SMILES string of the molecule is COc1ccc(CCC2CCN(C(=O)c3ccccc3OCC(N)=O)CC2)cc1. The van der Waals surface area contributed by atoms with E-state index in [9.17, 15) is 9.59 Å². The summed E-state index contributed by atoms with van der Waals surface area (Å²) in [5.41, 5.74) is 6.93. The molecule has 2 aromatic rings. The second-order valence-electron chi connectivity index (χ2n) is 7.37. The Morgan fingerprint density at radius 3 is 2.41 bits per heavy atom. The number of hydrogen-bond acceptors (Lipinski definition) is 4. The minimum atomic E-state index is -0.565. The maximum atomic E-state index is 12.9. The fourth-order valence-corrected chi connectivity index (χ4v) is 3.68. The molecule has 6 nitrogen and oxygen atoms in total. The van der Waals surface area contributed by atoms with Crippen molar-refractivity contribution in [3.05, 3.63) is 59.7 Å². The summed E-state index contributed by atoms with van der Waals surface area (Å²) in [6, 6.07) is 15.2. The summed E-state index contributed by atoms with van der Waals surface area (Å²) >= 11 is 0. The number of rotatable bonds is 8. The molecular weight excluding hydrogens is 368 g/mol. The van der Waals surface area contributed by atoms with Crippen LogP contribution in [0, 0.1) is 5.92 Å². The summed E-state index contributed by atoms with van der Waals surface area (Å²) in [6.45, 7) is 1.23. The van der Waals surface area contributed by atoms with Crippen LogP contribution in [0.4, 0.5) is 0 Å². The minimum absolute atomic E-state index is 0.0568. The molecule has 0 atom stereocenters. The number of hydrogen-bond donors (Lipinski definition) is 1. The third-order valence-corrected chi connectivity index (χ3v) is 5.39. The van der Waals surface area contributed by atoms with Crippen molar-refractivity contribution in [1.29, 1.82) is 0 Å². The van der Waals surface area contributed by atoms with E-state index >= 15 is 0 Å². The molecule has 154 valence electrons. The molecule has 0 saturated carbocycles. The van der Waals surface area contributed by atoms with Gasteiger partial charge in [0, 0.05) is 13.1 Å². The van der Waals surface area contributed by atoms with Crippen molar-refractivity contribution < 1.29 is 19.1 Å². The first-order valence-electron chi connectivity index (χ1n) is 9.99. The predicted octanol–water partition coefficient (Wildman–Crippen LogP) is 3.04. The molecule has 1 aliphatic heterocycles. The fourth-order valence-electron chi connectivity index (χ4n) is 3.68. The van der Waals surface area contributed by atoms with Crippen LogP contribution in [0.1, 0.15) is 35.2 Å². The molecule has 2 amide bonds. The average Bonchev–Trinajstić information content (AvgIpc) is 2.76. The van der Waals surface area contributed by atoms with Gasteiger partial charge in [-0.15, -0.1) is 0 Å². The number of amides is 2. The van der Waals surface area contributed by atoms with Gasteiger partial charge in [-0.2, -0.15) is 0 Å². The number of benzene rings is 2. The standard InChI is InChI=1S/C23H28N2O4/c1-28-19-10-8-17(9-11-19)6-7-18-12-14-25(15-13-18)23(27)20-4-2-3-5-21(20)29-16-22(24)26/h2-5,8-11,18H,6-7,12-16H2,1H3,(H2,24,26). The van der Waals surface area contributed by atoms with Gasteiger partial charge in [-0.3, -0.25) is 9.59 Å². The summed E-state index contributed by atoms with van der Waals surface area (Å²) in [5.74, 6) is 1.27. The lowest BCUT2D eigenvalue weighted by molar-refractivity contribution is -0.119. The van der Waals surface area contributed by atoms with Crippen molar-refractivity contribution in [3.8, 4) is 11.5 Å². The lowest BCUT2D eigenvalue weighted by Crippen LogP contribution is -2.38. The van der Waals surface area contributed by atoms with Crippen LogP contribution in [0.3, 0.4) is 0 Å². The van der Waals surface area contributed by atoms with Gasteiger partial charge in [-0.05, 0) is 61.4 Å². The van der Waals surface area contributed by atoms with Gasteiger partial charge in [0.15, 0.2) is 6.61 Å². The van der Waals surface area contributed by atoms with Crippen LogP contribution in [-0.2, 0) is 11.2 Å². The summed E-state index contributed by atoms with van der Waals surface area (Å²) < 4.78 is 10.6. The largest absolute Gasteiger partial charge is 0.497 e. The van der Waals surface area contributed by atoms with Crippen molar-refractivity contribution in [2.45, 2.75) is 25.7 Å². The maximum Gasteiger partial charge on any atom is 0.257 e. The summed E-state index contributed by atoms with van der Waals surface area (Å²) in [7, 11) is 1.67. The summed E-state index contributed by atoms with van der Waals surface area (Å²) in [4.78, 5) is 25.8. The molecule has 1 fully saturated rings. The highest BCUT2D eigenvalue weighted by Crippen LogP contribution is 2.26. The number of aryl methyl sites for hydroxylation is 1. The third-order valence-electron chi connectivity index (χ3n) is 5.39. The van der Waals surface area contributed by atoms with Gasteiger partial charge in [0.1, 0.15) is 11.5 Å². The van der Waals surface area contributed by atoms with Crippen LogP contribution >= 0.6 is 0 Å². The molecule has 29 heavy (non-hydrogen) atoms. The molecule has 1 aliphatic rings. The van der Waals surface area contributed by atoms with E-state index in [1.165, 1.54) is 5.56 Å². The van der Waals surface area contributed by atoms with Crippen LogP contribution in [0.25, 0.3) is 0 Å². The Morgan fingerprint density at radius 1 is 1.07 bits per heavy atom. The van der Waals surface area contributed by atoms with E-state index in [0.29, 0.717) is 17.2 Å². The third kappa shape index (κ3) is 5.73. The van der Waals surface area contributed by atoms with E-state index in [2.05, 4.69) is 12.1 Å². The normalized spacial score (nSPS) is 14.4. The van der Waals surface area contributed by atoms with Gasteiger partial charge in [-0.25, -0.2) is 0 Å². The number of carbonyl (C=O) groups is 2. The number of nitrogens with two attached hydrogens (primary N) is 1. The predicted molar refractivity (Wildman–Crippen MR) is 111 cm³/mol. The number of nitrogens with zero attached hydrogens (tertiary/aromatic N) is 1. The van der Waals surface area contributed by atoms with Crippen LogP contribution in [0.15, 0.2) is 48.5 Å². The zero-order valence-electron chi connectivity index (χ0n) is 16.8. The van der Waals surface area contributed by atoms with Gasteiger partial charge in [0.25, 0.3) is 11.8 Å². The molecule has 2 aromatic carbocycles. The van der Waals surface area contributed by atoms with Crippen molar-refractivity contribution in [2.24, 2.45) is 11.7 Å². The van der Waals surface area contributed by atoms with E-state index in [1.807, 2.05) is 17.0 Å². The first-order valence-corrected chi connectivity index (χ1v) is 9.99. The van der Waals surface area contributed by atoms with Crippen molar-refractivity contribution in [3.63, 3.8) is 0 Å². The van der Waals surface area contributed by atoms with E-state index in [1.54, 1.807) is 31.4 Å². The van der Waals surface area contributed by atoms with E-state index in [0.717, 1.165) is 44.5 Å². The molecule has 1 heterocycles. The summed E-state index contributed by atoms with van der Waals surface area (Å²) in [5, 5.41) is 0. The van der Waals surface area contributed by atoms with Crippen LogP contribution in [-0.4, -0.2) is 43.5 Å². The molecule has 0 bridgehead atoms. The number of piperidine rings is 1. The van der Waals surface area contributed by atoms with Crippen molar-refractivity contribution in [2.75, 3.05) is 26.8 Å². The van der Waals surface area contributed by atoms with E-state index in [4.69, 9.17) is 15.2 Å². The first kappa shape index (κ1) is 20.7. The molecule has 2 N–H and O–H groups in total. The Morgan fingerprint density at radius 2 is 1.76 bits per heavy atom. The average molecular weight is 396 g/mol. The molecule has 1 saturated heterocycles. The first-order chi connectivity index (χ1) is 14.1. The maximum absolute atomic E-state index is 12.9. The second kappa shape index (κ2) is 9.96. The number of likely N-dealkylation sites (tertiary alicyclic amines) is 1. The summed E-state index contributed by atoms with van der Waals surface area (Å²) in [6.07, 6.45) is 4.14. The lowest BCUT2D eigenvalue weighted by Gasteiger charge is -2.32. The highest BCUT2D eigenvalue weighted by molar-refractivity contribution is 5.97. The topological polar surface area (TPSA) is 81.9 Å². The van der Waals surface area contributed by atoms with Gasteiger partial charge in [-0.1, -0.05) is 24.3 Å². The van der Waals surface area contributed by atoms with Gasteiger partial charge in [0.2, 0.25) is 0 Å². The van der Waals surface area contributed by atoms with Crippen molar-refractivity contribution >= 4 is 11.8 Å². The lowest BCUT2D eigenvalue weighted by atomic mass is 9.90. The zero-order chi connectivity index (χ0) is 20.6. The fraction of sp³-hybridized carbons (Fsp3) is 0.391. The van der Waals surface area contributed by atoms with Gasteiger partial charge < -0.3 is 20.1 Å². The Hall–Kier alpha value is -3.02. The number of carbonyl (C=O) groups excluding carboxylic acids is 2. The smallest absolute Gasteiger partial charge is 0.257 e. The Bertz CT molecular complexity index is 827. The Kier molecular flexibility index (Phi) is 7.11.